The third-order valence-electron chi connectivity index (χ3n) is 3.71. The third kappa shape index (κ3) is 3.04. The number of benzene rings is 1. The molecule has 0 saturated carbocycles. The second kappa shape index (κ2) is 6.46. The Hall–Kier alpha value is -2.86. The van der Waals surface area contributed by atoms with Crippen LogP contribution in [0.15, 0.2) is 30.5 Å². The molecule has 0 fully saturated rings. The van der Waals surface area contributed by atoms with Crippen LogP contribution in [0.3, 0.4) is 0 Å². The van der Waals surface area contributed by atoms with Crippen molar-refractivity contribution in [3.63, 3.8) is 0 Å². The predicted octanol–water partition coefficient (Wildman–Crippen LogP) is 4.42. The normalized spacial score (nSPS) is 12.8. The monoisotopic (exact) mass is 383 g/mol. The maximum Gasteiger partial charge on any atom is 0.408 e. The Morgan fingerprint density at radius 2 is 2.00 bits per heavy atom. The summed E-state index contributed by atoms with van der Waals surface area (Å²) in [4.78, 5) is 4.01. The molecule has 3 aromatic rings. The molecule has 134 valence electrons. The van der Waals surface area contributed by atoms with Crippen molar-refractivity contribution in [3.05, 3.63) is 47.0 Å². The van der Waals surface area contributed by atoms with Crippen molar-refractivity contribution in [3.8, 4) is 17.2 Å². The Morgan fingerprint density at radius 3 is 2.62 bits per heavy atom. The Morgan fingerprint density at radius 1 is 1.31 bits per heavy atom. The van der Waals surface area contributed by atoms with Crippen LogP contribution in [0.4, 0.5) is 23.4 Å². The number of hydrogen-bond donors (Lipinski definition) is 1. The summed E-state index contributed by atoms with van der Waals surface area (Å²) in [6.07, 6.45) is -3.42. The van der Waals surface area contributed by atoms with Gasteiger partial charge in [0.15, 0.2) is 5.65 Å². The van der Waals surface area contributed by atoms with Gasteiger partial charge >= 0.3 is 6.18 Å². The lowest BCUT2D eigenvalue weighted by Crippen LogP contribution is -2.34. The molecule has 5 nitrogen and oxygen atoms in total. The van der Waals surface area contributed by atoms with Crippen LogP contribution < -0.4 is 5.32 Å². The number of nitrogens with one attached hydrogen (secondary N) is 1. The van der Waals surface area contributed by atoms with Gasteiger partial charge in [-0.15, -0.1) is 0 Å². The molecule has 0 radical (unpaired) electrons. The van der Waals surface area contributed by atoms with Crippen LogP contribution >= 0.6 is 11.6 Å². The van der Waals surface area contributed by atoms with E-state index < -0.39 is 18.0 Å². The molecule has 0 spiro atoms. The summed E-state index contributed by atoms with van der Waals surface area (Å²) in [5, 5.41) is 15.0. The van der Waals surface area contributed by atoms with Crippen molar-refractivity contribution in [1.29, 1.82) is 5.26 Å². The Balaban J connectivity index is 2.33. The number of aromatic nitrogens is 3. The molecule has 0 amide bonds. The van der Waals surface area contributed by atoms with E-state index in [2.05, 4.69) is 15.4 Å². The van der Waals surface area contributed by atoms with Gasteiger partial charge in [-0.25, -0.2) is 9.37 Å². The first kappa shape index (κ1) is 17.9. The highest BCUT2D eigenvalue weighted by Gasteiger charge is 2.37. The van der Waals surface area contributed by atoms with Crippen molar-refractivity contribution in [2.24, 2.45) is 0 Å². The lowest BCUT2D eigenvalue weighted by Gasteiger charge is -2.21. The standard InChI is InChI=1S/C16H10ClF4N5/c1-8(16(19,20)21)24-15-12(10-4-2-3-5-11(10)18)13(17)25-14-9(6-22)7-23-26(14)15/h2-5,7-8,24H,1H3/t8-/m0/s1. The highest BCUT2D eigenvalue weighted by atomic mass is 35.5. The molecule has 0 aliphatic heterocycles. The largest absolute Gasteiger partial charge is 0.408 e. The zero-order valence-corrected chi connectivity index (χ0v) is 13.9. The van der Waals surface area contributed by atoms with Crippen molar-refractivity contribution < 1.29 is 17.6 Å². The molecule has 0 unspecified atom stereocenters. The fourth-order valence-electron chi connectivity index (χ4n) is 2.37. The van der Waals surface area contributed by atoms with Gasteiger partial charge in [-0.3, -0.25) is 0 Å². The molecule has 0 bridgehead atoms. The lowest BCUT2D eigenvalue weighted by atomic mass is 10.1. The first-order valence-electron chi connectivity index (χ1n) is 7.29. The number of anilines is 1. The fraction of sp³-hybridized carbons (Fsp3) is 0.188. The second-order valence-corrected chi connectivity index (χ2v) is 5.78. The molecule has 26 heavy (non-hydrogen) atoms. The number of hydrogen-bond acceptors (Lipinski definition) is 4. The quantitative estimate of drug-likeness (QED) is 0.537. The maximum absolute atomic E-state index is 14.3. The summed E-state index contributed by atoms with van der Waals surface area (Å²) in [5.41, 5.74) is -0.136. The Labute approximate surface area is 149 Å². The molecule has 3 rings (SSSR count). The summed E-state index contributed by atoms with van der Waals surface area (Å²) >= 11 is 6.15. The molecular formula is C16H10ClF4N5. The van der Waals surface area contributed by atoms with E-state index in [9.17, 15) is 17.6 Å². The van der Waals surface area contributed by atoms with E-state index in [4.69, 9.17) is 16.9 Å². The number of fused-ring (bicyclic) bond motifs is 1. The molecule has 0 saturated heterocycles. The van der Waals surface area contributed by atoms with Gasteiger partial charge in [0.25, 0.3) is 0 Å². The smallest absolute Gasteiger partial charge is 0.358 e. The van der Waals surface area contributed by atoms with E-state index in [0.29, 0.717) is 0 Å². The third-order valence-corrected chi connectivity index (χ3v) is 3.98. The van der Waals surface area contributed by atoms with Crippen molar-refractivity contribution >= 4 is 23.1 Å². The molecule has 10 heteroatoms. The lowest BCUT2D eigenvalue weighted by molar-refractivity contribution is -0.138. The molecule has 2 aromatic heterocycles. The van der Waals surface area contributed by atoms with Gasteiger partial charge < -0.3 is 5.32 Å². The molecule has 1 aromatic carbocycles. The summed E-state index contributed by atoms with van der Waals surface area (Å²) in [5.74, 6) is -0.901. The van der Waals surface area contributed by atoms with Crippen molar-refractivity contribution in [2.45, 2.75) is 19.1 Å². The first-order valence-corrected chi connectivity index (χ1v) is 7.67. The summed E-state index contributed by atoms with van der Waals surface area (Å²) in [6, 6.07) is 5.31. The van der Waals surface area contributed by atoms with E-state index in [1.807, 2.05) is 6.07 Å². The van der Waals surface area contributed by atoms with Gasteiger partial charge in [0, 0.05) is 5.56 Å². The van der Waals surface area contributed by atoms with E-state index in [-0.39, 0.29) is 33.3 Å². The van der Waals surface area contributed by atoms with Gasteiger partial charge in [-0.1, -0.05) is 29.8 Å². The molecule has 2 heterocycles. The number of halogens is 5. The van der Waals surface area contributed by atoms with Crippen molar-refractivity contribution in [2.75, 3.05) is 5.32 Å². The summed E-state index contributed by atoms with van der Waals surface area (Å²) in [7, 11) is 0. The molecule has 1 N–H and O–H groups in total. The summed E-state index contributed by atoms with van der Waals surface area (Å²) in [6.45, 7) is 0.903. The molecule has 0 aliphatic rings. The van der Waals surface area contributed by atoms with Crippen LogP contribution in [0.1, 0.15) is 12.5 Å². The van der Waals surface area contributed by atoms with Gasteiger partial charge in [0.1, 0.15) is 34.5 Å². The number of nitriles is 1. The minimum Gasteiger partial charge on any atom is -0.358 e. The van der Waals surface area contributed by atoms with E-state index in [1.54, 1.807) is 0 Å². The molecular weight excluding hydrogens is 374 g/mol. The van der Waals surface area contributed by atoms with E-state index >= 15 is 0 Å². The van der Waals surface area contributed by atoms with Crippen molar-refractivity contribution in [1.82, 2.24) is 14.6 Å². The van der Waals surface area contributed by atoms with Crippen LogP contribution in [0.5, 0.6) is 0 Å². The molecule has 0 aliphatic carbocycles. The number of alkyl halides is 3. The highest BCUT2D eigenvalue weighted by Crippen LogP contribution is 2.37. The summed E-state index contributed by atoms with van der Waals surface area (Å²) < 4.78 is 54.4. The Bertz CT molecular complexity index is 1020. The van der Waals surface area contributed by atoms with Crippen LogP contribution in [-0.4, -0.2) is 26.8 Å². The zero-order chi connectivity index (χ0) is 19.1. The number of rotatable bonds is 3. The first-order chi connectivity index (χ1) is 12.2. The van der Waals surface area contributed by atoms with Crippen LogP contribution in [0, 0.1) is 17.1 Å². The van der Waals surface area contributed by atoms with Crippen LogP contribution in [0.25, 0.3) is 16.8 Å². The van der Waals surface area contributed by atoms with Gasteiger partial charge in [0.2, 0.25) is 0 Å². The van der Waals surface area contributed by atoms with Gasteiger partial charge in [-0.2, -0.15) is 28.0 Å². The number of nitrogens with zero attached hydrogens (tertiary/aromatic N) is 4. The second-order valence-electron chi connectivity index (χ2n) is 5.42. The zero-order valence-electron chi connectivity index (χ0n) is 13.1. The van der Waals surface area contributed by atoms with Crippen LogP contribution in [-0.2, 0) is 0 Å². The SMILES string of the molecule is C[C@H](Nc1c(-c2ccccc2F)c(Cl)nc2c(C#N)cnn12)C(F)(F)F. The predicted molar refractivity (Wildman–Crippen MR) is 87.2 cm³/mol. The van der Waals surface area contributed by atoms with Gasteiger partial charge in [-0.05, 0) is 13.0 Å². The average Bonchev–Trinajstić information content (AvgIpc) is 2.97. The van der Waals surface area contributed by atoms with E-state index in [0.717, 1.165) is 23.7 Å². The minimum atomic E-state index is -4.57. The van der Waals surface area contributed by atoms with E-state index in [1.165, 1.54) is 18.2 Å². The minimum absolute atomic E-state index is 0.0229. The topological polar surface area (TPSA) is 66.0 Å². The highest BCUT2D eigenvalue weighted by molar-refractivity contribution is 6.33. The Kier molecular flexibility index (Phi) is 4.46. The maximum atomic E-state index is 14.3. The fourth-order valence-corrected chi connectivity index (χ4v) is 2.64. The average molecular weight is 384 g/mol. The van der Waals surface area contributed by atoms with Gasteiger partial charge in [0.05, 0.1) is 11.8 Å². The molecule has 1 atom stereocenters. The van der Waals surface area contributed by atoms with Crippen LogP contribution in [0.2, 0.25) is 5.15 Å².